The van der Waals surface area contributed by atoms with E-state index in [-0.39, 0.29) is 29.3 Å². The van der Waals surface area contributed by atoms with Crippen molar-refractivity contribution in [2.45, 2.75) is 25.3 Å². The smallest absolute Gasteiger partial charge is 0.250 e. The molecule has 7 nitrogen and oxygen atoms in total. The second-order valence-electron chi connectivity index (χ2n) is 4.28. The quantitative estimate of drug-likeness (QED) is 0.863. The van der Waals surface area contributed by atoms with Gasteiger partial charge in [0.05, 0.1) is 0 Å². The lowest BCUT2D eigenvalue weighted by atomic mass is 10.4. The molecule has 0 aliphatic rings. The molecule has 0 aromatic carbocycles. The Morgan fingerprint density at radius 2 is 2.10 bits per heavy atom. The van der Waals surface area contributed by atoms with Gasteiger partial charge < -0.3 is 9.09 Å². The van der Waals surface area contributed by atoms with Crippen molar-refractivity contribution in [1.82, 2.24) is 14.4 Å². The number of aryl methyl sites for hydroxylation is 2. The summed E-state index contributed by atoms with van der Waals surface area (Å²) >= 11 is 0. The van der Waals surface area contributed by atoms with Crippen LogP contribution in [-0.4, -0.2) is 24.7 Å². The van der Waals surface area contributed by atoms with Crippen molar-refractivity contribution in [1.29, 1.82) is 0 Å². The number of aromatic nitrogens is 2. The normalized spacial score (nSPS) is 11.7. The molecule has 8 heteroatoms. The van der Waals surface area contributed by atoms with Crippen LogP contribution in [0.3, 0.4) is 0 Å². The molecule has 0 unspecified atom stereocenters. The van der Waals surface area contributed by atoms with Gasteiger partial charge in [0.25, 0.3) is 5.56 Å². The summed E-state index contributed by atoms with van der Waals surface area (Å²) in [4.78, 5) is 11.5. The molecule has 2 aromatic heterocycles. The topological polar surface area (TPSA) is 94.2 Å². The number of hydrogen-bond donors (Lipinski definition) is 1. The van der Waals surface area contributed by atoms with Gasteiger partial charge in [0, 0.05) is 25.4 Å². The van der Waals surface area contributed by atoms with Gasteiger partial charge in [-0.05, 0) is 19.9 Å². The Kier molecular flexibility index (Phi) is 4.05. The maximum atomic E-state index is 12.1. The molecule has 0 spiro atoms. The molecule has 0 amide bonds. The van der Waals surface area contributed by atoms with Crippen LogP contribution in [0.4, 0.5) is 0 Å². The van der Waals surface area contributed by atoms with E-state index < -0.39 is 10.0 Å². The molecule has 1 N–H and O–H groups in total. The maximum Gasteiger partial charge on any atom is 0.250 e. The Hall–Kier alpha value is -1.93. The predicted octanol–water partition coefficient (Wildman–Crippen LogP) is 0.432. The van der Waals surface area contributed by atoms with E-state index >= 15 is 0 Å². The van der Waals surface area contributed by atoms with E-state index in [2.05, 4.69) is 9.88 Å². The number of nitrogens with zero attached hydrogens (tertiary/aromatic N) is 2. The minimum absolute atomic E-state index is 0.0536. The van der Waals surface area contributed by atoms with Gasteiger partial charge >= 0.3 is 0 Å². The first-order valence-corrected chi connectivity index (χ1v) is 7.48. The Bertz CT molecular complexity index is 742. The van der Waals surface area contributed by atoms with Gasteiger partial charge in [-0.15, -0.1) is 0 Å². The molecule has 2 heterocycles. The molecule has 2 aromatic rings. The minimum Gasteiger partial charge on any atom is -0.360 e. The van der Waals surface area contributed by atoms with Crippen LogP contribution in [-0.2, 0) is 16.6 Å². The van der Waals surface area contributed by atoms with E-state index in [0.717, 1.165) is 0 Å². The van der Waals surface area contributed by atoms with Gasteiger partial charge in [0.2, 0.25) is 10.0 Å². The Labute approximate surface area is 116 Å². The highest BCUT2D eigenvalue weighted by Gasteiger charge is 2.23. The first-order chi connectivity index (χ1) is 9.42. The Balaban J connectivity index is 2.08. The van der Waals surface area contributed by atoms with Crippen molar-refractivity contribution in [3.05, 3.63) is 46.2 Å². The fourth-order valence-corrected chi connectivity index (χ4v) is 3.22. The Morgan fingerprint density at radius 3 is 2.70 bits per heavy atom. The molecule has 0 bridgehead atoms. The highest BCUT2D eigenvalue weighted by Crippen LogP contribution is 2.18. The summed E-state index contributed by atoms with van der Waals surface area (Å²) in [6.45, 7) is 3.46. The third kappa shape index (κ3) is 2.97. The highest BCUT2D eigenvalue weighted by molar-refractivity contribution is 7.89. The number of nitrogens with one attached hydrogen (secondary N) is 1. The van der Waals surface area contributed by atoms with Crippen molar-refractivity contribution in [3.63, 3.8) is 0 Å². The fraction of sp³-hybridized carbons (Fsp3) is 0.333. The van der Waals surface area contributed by atoms with Crippen LogP contribution in [0.15, 0.2) is 38.6 Å². The largest absolute Gasteiger partial charge is 0.360 e. The van der Waals surface area contributed by atoms with E-state index in [9.17, 15) is 13.2 Å². The van der Waals surface area contributed by atoms with Crippen molar-refractivity contribution in [2.75, 3.05) is 6.54 Å². The third-order valence-corrected chi connectivity index (χ3v) is 4.48. The highest BCUT2D eigenvalue weighted by atomic mass is 32.2. The monoisotopic (exact) mass is 297 g/mol. The van der Waals surface area contributed by atoms with Gasteiger partial charge in [0.1, 0.15) is 10.6 Å². The zero-order valence-electron chi connectivity index (χ0n) is 11.2. The van der Waals surface area contributed by atoms with Gasteiger partial charge in [-0.25, -0.2) is 13.1 Å². The predicted molar refractivity (Wildman–Crippen MR) is 71.9 cm³/mol. The van der Waals surface area contributed by atoms with E-state index in [0.29, 0.717) is 5.69 Å². The van der Waals surface area contributed by atoms with Crippen LogP contribution in [0.5, 0.6) is 0 Å². The van der Waals surface area contributed by atoms with Crippen LogP contribution >= 0.6 is 0 Å². The lowest BCUT2D eigenvalue weighted by Crippen LogP contribution is -2.30. The SMILES string of the molecule is Cc1noc(C)c1S(=O)(=O)NCCn1ccccc1=O. The molecule has 2 rings (SSSR count). The molecule has 0 fully saturated rings. The van der Waals surface area contributed by atoms with Crippen LogP contribution in [0.1, 0.15) is 11.5 Å². The van der Waals surface area contributed by atoms with E-state index in [1.165, 1.54) is 17.6 Å². The lowest BCUT2D eigenvalue weighted by Gasteiger charge is -2.07. The minimum atomic E-state index is -3.68. The number of sulfonamides is 1. The molecular weight excluding hydrogens is 282 g/mol. The van der Waals surface area contributed by atoms with Crippen molar-refractivity contribution in [2.24, 2.45) is 0 Å². The van der Waals surface area contributed by atoms with Gasteiger partial charge in [-0.2, -0.15) is 0 Å². The number of rotatable bonds is 5. The summed E-state index contributed by atoms with van der Waals surface area (Å²) in [7, 11) is -3.68. The molecule has 0 aliphatic carbocycles. The third-order valence-electron chi connectivity index (χ3n) is 2.78. The molecule has 0 atom stereocenters. The summed E-state index contributed by atoms with van der Waals surface area (Å²) in [5, 5.41) is 3.61. The lowest BCUT2D eigenvalue weighted by molar-refractivity contribution is 0.390. The van der Waals surface area contributed by atoms with Crippen LogP contribution < -0.4 is 10.3 Å². The van der Waals surface area contributed by atoms with E-state index in [4.69, 9.17) is 4.52 Å². The standard InChI is InChI=1S/C12H15N3O4S/c1-9-12(10(2)19-14-9)20(17,18)13-6-8-15-7-4-3-5-11(15)16/h3-5,7,13H,6,8H2,1-2H3. The van der Waals surface area contributed by atoms with Crippen LogP contribution in [0, 0.1) is 13.8 Å². The molecule has 108 valence electrons. The van der Waals surface area contributed by atoms with Crippen molar-refractivity contribution < 1.29 is 12.9 Å². The summed E-state index contributed by atoms with van der Waals surface area (Å²) in [5.41, 5.74) is 0.135. The van der Waals surface area contributed by atoms with Gasteiger partial charge in [-0.1, -0.05) is 11.2 Å². The number of pyridine rings is 1. The van der Waals surface area contributed by atoms with Gasteiger partial charge in [-0.3, -0.25) is 4.79 Å². The zero-order chi connectivity index (χ0) is 14.8. The summed E-state index contributed by atoms with van der Waals surface area (Å²) in [5.74, 6) is 0.242. The molecule has 0 saturated heterocycles. The molecular formula is C12H15N3O4S. The molecule has 20 heavy (non-hydrogen) atoms. The summed E-state index contributed by atoms with van der Waals surface area (Å²) in [6.07, 6.45) is 1.60. The van der Waals surface area contributed by atoms with Crippen LogP contribution in [0.2, 0.25) is 0 Å². The molecule has 0 aliphatic heterocycles. The van der Waals surface area contributed by atoms with Crippen molar-refractivity contribution in [3.8, 4) is 0 Å². The van der Waals surface area contributed by atoms with Crippen LogP contribution in [0.25, 0.3) is 0 Å². The number of hydrogen-bond acceptors (Lipinski definition) is 5. The second-order valence-corrected chi connectivity index (χ2v) is 5.99. The average Bonchev–Trinajstić information content (AvgIpc) is 2.72. The fourth-order valence-electron chi connectivity index (χ4n) is 1.88. The Morgan fingerprint density at radius 1 is 1.35 bits per heavy atom. The van der Waals surface area contributed by atoms with Gasteiger partial charge in [0.15, 0.2) is 5.76 Å². The zero-order valence-corrected chi connectivity index (χ0v) is 12.0. The maximum absolute atomic E-state index is 12.1. The molecule has 0 saturated carbocycles. The summed E-state index contributed by atoms with van der Waals surface area (Å²) < 4.78 is 32.9. The first-order valence-electron chi connectivity index (χ1n) is 6.00. The summed E-state index contributed by atoms with van der Waals surface area (Å²) in [6, 6.07) is 4.76. The molecule has 0 radical (unpaired) electrons. The second kappa shape index (κ2) is 5.59. The average molecular weight is 297 g/mol. The van der Waals surface area contributed by atoms with E-state index in [1.807, 2.05) is 0 Å². The van der Waals surface area contributed by atoms with E-state index in [1.54, 1.807) is 25.3 Å². The van der Waals surface area contributed by atoms with Crippen molar-refractivity contribution >= 4 is 10.0 Å². The first kappa shape index (κ1) is 14.5.